The molecule has 0 bridgehead atoms. The Balaban J connectivity index is 2.03. The first-order valence-corrected chi connectivity index (χ1v) is 8.03. The molecular weight excluding hydrogens is 286 g/mol. The minimum Gasteiger partial charge on any atom is -0.497 e. The third-order valence-electron chi connectivity index (χ3n) is 3.85. The zero-order valence-electron chi connectivity index (χ0n) is 14.3. The molecule has 0 aliphatic carbocycles. The molecule has 2 aromatic carbocycles. The zero-order chi connectivity index (χ0) is 16.8. The second kappa shape index (κ2) is 7.82. The van der Waals surface area contributed by atoms with E-state index in [-0.39, 0.29) is 11.8 Å². The standard InChI is InChI=1S/C20H25NO2/c1-14(2)12-16-8-10-17(11-9-16)15(3)20(22)21-18-6-5-7-19(13-18)23-4/h5-11,13-15H,12H2,1-4H3,(H,21,22)/t15-/m0/s1. The van der Waals surface area contributed by atoms with Crippen molar-refractivity contribution in [3.63, 3.8) is 0 Å². The van der Waals surface area contributed by atoms with Crippen LogP contribution in [0, 0.1) is 5.92 Å². The number of hydrogen-bond donors (Lipinski definition) is 1. The summed E-state index contributed by atoms with van der Waals surface area (Å²) in [7, 11) is 1.61. The summed E-state index contributed by atoms with van der Waals surface area (Å²) in [6.07, 6.45) is 1.06. The Morgan fingerprint density at radius 1 is 1.09 bits per heavy atom. The van der Waals surface area contributed by atoms with Gasteiger partial charge in [-0.3, -0.25) is 4.79 Å². The van der Waals surface area contributed by atoms with Crippen molar-refractivity contribution >= 4 is 11.6 Å². The van der Waals surface area contributed by atoms with Crippen LogP contribution < -0.4 is 10.1 Å². The van der Waals surface area contributed by atoms with Crippen molar-refractivity contribution in [2.75, 3.05) is 12.4 Å². The van der Waals surface area contributed by atoms with Gasteiger partial charge in [-0.1, -0.05) is 44.2 Å². The number of ether oxygens (including phenoxy) is 1. The van der Waals surface area contributed by atoms with Crippen molar-refractivity contribution in [3.8, 4) is 5.75 Å². The lowest BCUT2D eigenvalue weighted by Gasteiger charge is -2.14. The Morgan fingerprint density at radius 2 is 1.78 bits per heavy atom. The molecule has 0 aromatic heterocycles. The maximum atomic E-state index is 12.4. The average molecular weight is 311 g/mol. The minimum atomic E-state index is -0.200. The molecule has 0 saturated carbocycles. The van der Waals surface area contributed by atoms with Gasteiger partial charge < -0.3 is 10.1 Å². The van der Waals surface area contributed by atoms with Gasteiger partial charge in [0, 0.05) is 11.8 Å². The molecule has 0 fully saturated rings. The molecule has 1 amide bonds. The lowest BCUT2D eigenvalue weighted by Crippen LogP contribution is -2.18. The van der Waals surface area contributed by atoms with Gasteiger partial charge in [0.05, 0.1) is 13.0 Å². The monoisotopic (exact) mass is 311 g/mol. The van der Waals surface area contributed by atoms with Crippen molar-refractivity contribution in [2.24, 2.45) is 5.92 Å². The van der Waals surface area contributed by atoms with E-state index in [1.807, 2.05) is 43.3 Å². The van der Waals surface area contributed by atoms with E-state index in [0.717, 1.165) is 23.4 Å². The van der Waals surface area contributed by atoms with Crippen molar-refractivity contribution in [1.29, 1.82) is 0 Å². The Morgan fingerprint density at radius 3 is 2.39 bits per heavy atom. The number of amides is 1. The minimum absolute atomic E-state index is 0.0186. The van der Waals surface area contributed by atoms with Crippen molar-refractivity contribution in [1.82, 2.24) is 0 Å². The Hall–Kier alpha value is -2.29. The van der Waals surface area contributed by atoms with E-state index in [9.17, 15) is 4.79 Å². The number of nitrogens with one attached hydrogen (secondary N) is 1. The highest BCUT2D eigenvalue weighted by molar-refractivity contribution is 5.95. The molecule has 23 heavy (non-hydrogen) atoms. The van der Waals surface area contributed by atoms with Gasteiger partial charge in [0.15, 0.2) is 0 Å². The predicted molar refractivity (Wildman–Crippen MR) is 95.0 cm³/mol. The second-order valence-electron chi connectivity index (χ2n) is 6.28. The first kappa shape index (κ1) is 17.1. The topological polar surface area (TPSA) is 38.3 Å². The van der Waals surface area contributed by atoms with Crippen molar-refractivity contribution in [2.45, 2.75) is 33.1 Å². The SMILES string of the molecule is COc1cccc(NC(=O)[C@@H](C)c2ccc(CC(C)C)cc2)c1. The first-order valence-electron chi connectivity index (χ1n) is 8.03. The number of carbonyl (C=O) groups excluding carboxylic acids is 1. The Labute approximate surface area is 138 Å². The fraction of sp³-hybridized carbons (Fsp3) is 0.350. The van der Waals surface area contributed by atoms with Gasteiger partial charge in [-0.2, -0.15) is 0 Å². The molecule has 0 radical (unpaired) electrons. The van der Waals surface area contributed by atoms with Crippen LogP contribution in [-0.2, 0) is 11.2 Å². The molecule has 1 N–H and O–H groups in total. The average Bonchev–Trinajstić information content (AvgIpc) is 2.54. The predicted octanol–water partition coefficient (Wildman–Crippen LogP) is 4.64. The molecule has 2 aromatic rings. The van der Waals surface area contributed by atoms with Gasteiger partial charge in [0.1, 0.15) is 5.75 Å². The molecule has 0 saturated heterocycles. The van der Waals surface area contributed by atoms with Crippen molar-refractivity contribution in [3.05, 3.63) is 59.7 Å². The summed E-state index contributed by atoms with van der Waals surface area (Å²) >= 11 is 0. The number of carbonyl (C=O) groups is 1. The van der Waals surface area contributed by atoms with Crippen LogP contribution in [0.3, 0.4) is 0 Å². The summed E-state index contributed by atoms with van der Waals surface area (Å²) in [5.74, 6) is 1.15. The highest BCUT2D eigenvalue weighted by atomic mass is 16.5. The molecule has 0 unspecified atom stereocenters. The molecule has 1 atom stereocenters. The number of anilines is 1. The third-order valence-corrected chi connectivity index (χ3v) is 3.85. The fourth-order valence-corrected chi connectivity index (χ4v) is 2.52. The second-order valence-corrected chi connectivity index (χ2v) is 6.28. The molecule has 3 nitrogen and oxygen atoms in total. The number of methoxy groups -OCH3 is 1. The van der Waals surface area contributed by atoms with E-state index in [1.165, 1.54) is 5.56 Å². The number of hydrogen-bond acceptors (Lipinski definition) is 2. The third kappa shape index (κ3) is 4.85. The van der Waals surface area contributed by atoms with Crippen LogP contribution in [-0.4, -0.2) is 13.0 Å². The van der Waals surface area contributed by atoms with Crippen LogP contribution in [0.4, 0.5) is 5.69 Å². The Kier molecular flexibility index (Phi) is 5.80. The molecule has 3 heteroatoms. The molecule has 122 valence electrons. The molecule has 0 spiro atoms. The quantitative estimate of drug-likeness (QED) is 0.844. The van der Waals surface area contributed by atoms with E-state index >= 15 is 0 Å². The maximum Gasteiger partial charge on any atom is 0.231 e. The van der Waals surface area contributed by atoms with Gasteiger partial charge in [-0.15, -0.1) is 0 Å². The largest absolute Gasteiger partial charge is 0.497 e. The molecule has 2 rings (SSSR count). The first-order chi connectivity index (χ1) is 11.0. The highest BCUT2D eigenvalue weighted by Crippen LogP contribution is 2.21. The van der Waals surface area contributed by atoms with E-state index in [1.54, 1.807) is 7.11 Å². The maximum absolute atomic E-state index is 12.4. The van der Waals surface area contributed by atoms with Crippen LogP contribution in [0.25, 0.3) is 0 Å². The van der Waals surface area contributed by atoms with Gasteiger partial charge in [0.2, 0.25) is 5.91 Å². The lowest BCUT2D eigenvalue weighted by molar-refractivity contribution is -0.117. The van der Waals surface area contributed by atoms with Crippen LogP contribution in [0.15, 0.2) is 48.5 Å². The van der Waals surface area contributed by atoms with Crippen LogP contribution in [0.5, 0.6) is 5.75 Å². The summed E-state index contributed by atoms with van der Waals surface area (Å²) in [5.41, 5.74) is 3.08. The molecule has 0 heterocycles. The highest BCUT2D eigenvalue weighted by Gasteiger charge is 2.15. The number of rotatable bonds is 6. The molecule has 0 aliphatic rings. The van der Waals surface area contributed by atoms with E-state index in [0.29, 0.717) is 5.92 Å². The van der Waals surface area contributed by atoms with E-state index < -0.39 is 0 Å². The molecule has 0 aliphatic heterocycles. The molecular formula is C20H25NO2. The summed E-state index contributed by atoms with van der Waals surface area (Å²) in [6.45, 7) is 6.34. The van der Waals surface area contributed by atoms with E-state index in [4.69, 9.17) is 4.74 Å². The van der Waals surface area contributed by atoms with Gasteiger partial charge in [-0.25, -0.2) is 0 Å². The lowest BCUT2D eigenvalue weighted by atomic mass is 9.96. The smallest absolute Gasteiger partial charge is 0.231 e. The van der Waals surface area contributed by atoms with Crippen LogP contribution in [0.2, 0.25) is 0 Å². The summed E-state index contributed by atoms with van der Waals surface area (Å²) in [4.78, 5) is 12.4. The normalized spacial score (nSPS) is 12.0. The van der Waals surface area contributed by atoms with Crippen LogP contribution >= 0.6 is 0 Å². The number of benzene rings is 2. The zero-order valence-corrected chi connectivity index (χ0v) is 14.3. The summed E-state index contributed by atoms with van der Waals surface area (Å²) in [5, 5.41) is 2.94. The Bertz CT molecular complexity index is 647. The van der Waals surface area contributed by atoms with Crippen molar-refractivity contribution < 1.29 is 9.53 Å². The van der Waals surface area contributed by atoms with Crippen LogP contribution in [0.1, 0.15) is 37.8 Å². The van der Waals surface area contributed by atoms with Gasteiger partial charge in [0.25, 0.3) is 0 Å². The fourth-order valence-electron chi connectivity index (χ4n) is 2.52. The summed E-state index contributed by atoms with van der Waals surface area (Å²) < 4.78 is 5.18. The summed E-state index contributed by atoms with van der Waals surface area (Å²) in [6, 6.07) is 15.7. The van der Waals surface area contributed by atoms with Gasteiger partial charge in [-0.05, 0) is 42.5 Å². The van der Waals surface area contributed by atoms with Gasteiger partial charge >= 0.3 is 0 Å². The van der Waals surface area contributed by atoms with E-state index in [2.05, 4.69) is 31.3 Å².